The van der Waals surface area contributed by atoms with Crippen LogP contribution in [0, 0.1) is 0 Å². The van der Waals surface area contributed by atoms with E-state index in [2.05, 4.69) is 15.4 Å². The lowest BCUT2D eigenvalue weighted by atomic mass is 10.6. The molecular weight excluding hydrogens is 166 g/mol. The second kappa shape index (κ2) is 3.14. The van der Waals surface area contributed by atoms with Crippen LogP contribution < -0.4 is 11.2 Å². The summed E-state index contributed by atoms with van der Waals surface area (Å²) >= 11 is 0. The minimum absolute atomic E-state index is 0.400. The van der Waals surface area contributed by atoms with Crippen LogP contribution in [-0.2, 0) is 0 Å². The van der Waals surface area contributed by atoms with E-state index in [-0.39, 0.29) is 0 Å². The van der Waals surface area contributed by atoms with E-state index in [0.29, 0.717) is 11.6 Å². The lowest BCUT2D eigenvalue weighted by Crippen LogP contribution is -2.08. The molecule has 2 heterocycles. The topological polar surface area (TPSA) is 68.8 Å². The molecule has 13 heavy (non-hydrogen) atoms. The molecule has 0 aliphatic heterocycles. The van der Waals surface area contributed by atoms with Gasteiger partial charge < -0.3 is 5.73 Å². The standard InChI is InChI=1S/C8H9N5/c9-7-5-10-6-8(11-7)12-13-3-1-2-4-13/h1-6H,(H3,9,11,12). The van der Waals surface area contributed by atoms with Crippen molar-refractivity contribution in [1.82, 2.24) is 14.6 Å². The molecule has 0 spiro atoms. The molecule has 0 unspecified atom stereocenters. The Bertz CT molecular complexity index is 381. The molecule has 5 heteroatoms. The predicted molar refractivity (Wildman–Crippen MR) is 49.9 cm³/mol. The Morgan fingerprint density at radius 1 is 1.23 bits per heavy atom. The lowest BCUT2D eigenvalue weighted by Gasteiger charge is -2.05. The Labute approximate surface area is 75.2 Å². The predicted octanol–water partition coefficient (Wildman–Crippen LogP) is 0.736. The maximum Gasteiger partial charge on any atom is 0.165 e. The fourth-order valence-electron chi connectivity index (χ4n) is 0.976. The monoisotopic (exact) mass is 175 g/mol. The molecule has 3 N–H and O–H groups in total. The van der Waals surface area contributed by atoms with E-state index < -0.39 is 0 Å². The van der Waals surface area contributed by atoms with Gasteiger partial charge in [0.05, 0.1) is 12.4 Å². The van der Waals surface area contributed by atoms with E-state index in [1.807, 2.05) is 24.5 Å². The fourth-order valence-corrected chi connectivity index (χ4v) is 0.976. The highest BCUT2D eigenvalue weighted by Crippen LogP contribution is 2.03. The molecule has 0 bridgehead atoms. The van der Waals surface area contributed by atoms with Crippen molar-refractivity contribution in [2.24, 2.45) is 0 Å². The summed E-state index contributed by atoms with van der Waals surface area (Å²) in [6, 6.07) is 3.82. The number of rotatable bonds is 2. The molecule has 0 saturated heterocycles. The minimum atomic E-state index is 0.400. The molecule has 66 valence electrons. The Morgan fingerprint density at radius 3 is 2.69 bits per heavy atom. The highest BCUT2D eigenvalue weighted by atomic mass is 15.4. The molecule has 0 aliphatic rings. The zero-order valence-electron chi connectivity index (χ0n) is 6.88. The SMILES string of the molecule is Nc1cncc(Nn2cccc2)n1. The first-order chi connectivity index (χ1) is 6.34. The van der Waals surface area contributed by atoms with E-state index in [1.165, 1.54) is 6.20 Å². The van der Waals surface area contributed by atoms with Crippen LogP contribution in [0.4, 0.5) is 11.6 Å². The molecule has 0 saturated carbocycles. The van der Waals surface area contributed by atoms with Crippen molar-refractivity contribution in [2.45, 2.75) is 0 Å². The van der Waals surface area contributed by atoms with E-state index in [1.54, 1.807) is 10.9 Å². The van der Waals surface area contributed by atoms with Gasteiger partial charge in [-0.25, -0.2) is 4.98 Å². The van der Waals surface area contributed by atoms with Gasteiger partial charge >= 0.3 is 0 Å². The fraction of sp³-hybridized carbons (Fsp3) is 0. The van der Waals surface area contributed by atoms with Crippen molar-refractivity contribution in [3.05, 3.63) is 36.9 Å². The van der Waals surface area contributed by atoms with Crippen LogP contribution in [0.1, 0.15) is 0 Å². The average Bonchev–Trinajstić information content (AvgIpc) is 2.57. The number of nitrogens with one attached hydrogen (secondary N) is 1. The van der Waals surface area contributed by atoms with Crippen LogP contribution in [0.25, 0.3) is 0 Å². The van der Waals surface area contributed by atoms with Gasteiger partial charge in [0.2, 0.25) is 0 Å². The second-order valence-corrected chi connectivity index (χ2v) is 2.53. The smallest absolute Gasteiger partial charge is 0.165 e. The summed E-state index contributed by atoms with van der Waals surface area (Å²) in [7, 11) is 0. The van der Waals surface area contributed by atoms with Crippen LogP contribution in [0.15, 0.2) is 36.9 Å². The third-order valence-electron chi connectivity index (χ3n) is 1.50. The summed E-state index contributed by atoms with van der Waals surface area (Å²) in [4.78, 5) is 7.93. The molecule has 5 nitrogen and oxygen atoms in total. The summed E-state index contributed by atoms with van der Waals surface area (Å²) in [6.45, 7) is 0. The van der Waals surface area contributed by atoms with E-state index >= 15 is 0 Å². The Hall–Kier alpha value is -2.04. The zero-order chi connectivity index (χ0) is 9.10. The van der Waals surface area contributed by atoms with Gasteiger partial charge in [-0.3, -0.25) is 15.1 Å². The van der Waals surface area contributed by atoms with Crippen LogP contribution in [0.5, 0.6) is 0 Å². The van der Waals surface area contributed by atoms with Crippen molar-refractivity contribution in [3.63, 3.8) is 0 Å². The largest absolute Gasteiger partial charge is 0.382 e. The Morgan fingerprint density at radius 2 is 2.00 bits per heavy atom. The number of aromatic nitrogens is 3. The Balaban J connectivity index is 2.19. The highest BCUT2D eigenvalue weighted by Gasteiger charge is 1.94. The zero-order valence-corrected chi connectivity index (χ0v) is 6.88. The van der Waals surface area contributed by atoms with E-state index in [0.717, 1.165) is 0 Å². The van der Waals surface area contributed by atoms with Crippen molar-refractivity contribution >= 4 is 11.6 Å². The van der Waals surface area contributed by atoms with Crippen LogP contribution >= 0.6 is 0 Å². The average molecular weight is 175 g/mol. The van der Waals surface area contributed by atoms with E-state index in [9.17, 15) is 0 Å². The number of nitrogens with two attached hydrogens (primary N) is 1. The number of anilines is 2. The first-order valence-corrected chi connectivity index (χ1v) is 3.82. The van der Waals surface area contributed by atoms with Gasteiger partial charge in [0.1, 0.15) is 5.82 Å². The van der Waals surface area contributed by atoms with Gasteiger partial charge in [0, 0.05) is 12.4 Å². The number of hydrogen-bond acceptors (Lipinski definition) is 4. The molecule has 0 radical (unpaired) electrons. The molecule has 2 aromatic heterocycles. The number of hydrogen-bond donors (Lipinski definition) is 2. The normalized spacial score (nSPS) is 9.85. The molecule has 2 aromatic rings. The van der Waals surface area contributed by atoms with Crippen molar-refractivity contribution in [3.8, 4) is 0 Å². The summed E-state index contributed by atoms with van der Waals surface area (Å²) in [5.41, 5.74) is 8.45. The van der Waals surface area contributed by atoms with Crippen LogP contribution in [0.3, 0.4) is 0 Å². The summed E-state index contributed by atoms with van der Waals surface area (Å²) in [5.74, 6) is 1.02. The third kappa shape index (κ3) is 1.76. The summed E-state index contributed by atoms with van der Waals surface area (Å²) in [6.07, 6.45) is 6.84. The molecule has 0 fully saturated rings. The molecule has 0 atom stereocenters. The first kappa shape index (κ1) is 7.60. The first-order valence-electron chi connectivity index (χ1n) is 3.82. The van der Waals surface area contributed by atoms with Gasteiger partial charge in [-0.15, -0.1) is 0 Å². The van der Waals surface area contributed by atoms with Crippen molar-refractivity contribution in [2.75, 3.05) is 11.2 Å². The molecule has 0 amide bonds. The van der Waals surface area contributed by atoms with E-state index in [4.69, 9.17) is 5.73 Å². The number of nitrogen functional groups attached to an aromatic ring is 1. The van der Waals surface area contributed by atoms with Gasteiger partial charge in [0.15, 0.2) is 5.82 Å². The van der Waals surface area contributed by atoms with Crippen molar-refractivity contribution < 1.29 is 0 Å². The van der Waals surface area contributed by atoms with Gasteiger partial charge in [-0.2, -0.15) is 0 Å². The van der Waals surface area contributed by atoms with Crippen molar-refractivity contribution in [1.29, 1.82) is 0 Å². The maximum absolute atomic E-state index is 5.46. The maximum atomic E-state index is 5.46. The second-order valence-electron chi connectivity index (χ2n) is 2.53. The molecule has 0 aromatic carbocycles. The third-order valence-corrected chi connectivity index (χ3v) is 1.50. The molecule has 2 rings (SSSR count). The van der Waals surface area contributed by atoms with Crippen LogP contribution in [-0.4, -0.2) is 14.6 Å². The van der Waals surface area contributed by atoms with Gasteiger partial charge in [-0.05, 0) is 12.1 Å². The van der Waals surface area contributed by atoms with Gasteiger partial charge in [-0.1, -0.05) is 0 Å². The number of nitrogens with zero attached hydrogens (tertiary/aromatic N) is 3. The highest BCUT2D eigenvalue weighted by molar-refractivity contribution is 5.37. The molecular formula is C8H9N5. The summed E-state index contributed by atoms with van der Waals surface area (Å²) < 4.78 is 1.77. The lowest BCUT2D eigenvalue weighted by molar-refractivity contribution is 0.948. The minimum Gasteiger partial charge on any atom is -0.382 e. The molecule has 0 aliphatic carbocycles. The quantitative estimate of drug-likeness (QED) is 0.706. The van der Waals surface area contributed by atoms with Gasteiger partial charge in [0.25, 0.3) is 0 Å². The Kier molecular flexibility index (Phi) is 1.84. The van der Waals surface area contributed by atoms with Crippen LogP contribution in [0.2, 0.25) is 0 Å². The summed E-state index contributed by atoms with van der Waals surface area (Å²) in [5, 5.41) is 0.